The minimum Gasteiger partial charge on any atom is -0.492 e. The van der Waals surface area contributed by atoms with E-state index in [1.807, 2.05) is 30.3 Å². The zero-order valence-electron chi connectivity index (χ0n) is 13.5. The summed E-state index contributed by atoms with van der Waals surface area (Å²) in [4.78, 5) is 23.4. The molecule has 0 aromatic heterocycles. The Morgan fingerprint density at radius 3 is 2.67 bits per heavy atom. The highest BCUT2D eigenvalue weighted by molar-refractivity contribution is 5.82. The quantitative estimate of drug-likeness (QED) is 0.530. The number of amides is 1. The van der Waals surface area contributed by atoms with Gasteiger partial charge in [-0.2, -0.15) is 0 Å². The van der Waals surface area contributed by atoms with Crippen LogP contribution in [0.3, 0.4) is 0 Å². The average Bonchev–Trinajstić information content (AvgIpc) is 2.64. The van der Waals surface area contributed by atoms with Gasteiger partial charge in [-0.1, -0.05) is 18.2 Å². The van der Waals surface area contributed by atoms with Gasteiger partial charge in [-0.25, -0.2) is 4.79 Å². The number of hydrogen-bond donors (Lipinski definition) is 2. The van der Waals surface area contributed by atoms with Crippen molar-refractivity contribution in [3.63, 3.8) is 0 Å². The summed E-state index contributed by atoms with van der Waals surface area (Å²) in [6.45, 7) is 1.25. The number of carbonyl (C=O) groups excluding carboxylic acids is 2. The maximum absolute atomic E-state index is 11.7. The van der Waals surface area contributed by atoms with Crippen LogP contribution in [0.4, 0.5) is 0 Å². The molecule has 1 heterocycles. The van der Waals surface area contributed by atoms with Crippen LogP contribution in [0.15, 0.2) is 30.3 Å². The second-order valence-corrected chi connectivity index (χ2v) is 5.51. The molecule has 1 aliphatic rings. The molecule has 1 fully saturated rings. The number of rotatable bonds is 8. The van der Waals surface area contributed by atoms with Gasteiger partial charge in [-0.05, 0) is 30.9 Å². The molecule has 2 rings (SSSR count). The predicted octanol–water partition coefficient (Wildman–Crippen LogP) is 0.512. The predicted molar refractivity (Wildman–Crippen MR) is 85.5 cm³/mol. The number of hydrogen-bond acceptors (Lipinski definition) is 6. The average molecular weight is 337 g/mol. The van der Waals surface area contributed by atoms with Gasteiger partial charge in [0, 0.05) is 13.2 Å². The second-order valence-electron chi connectivity index (χ2n) is 5.51. The fourth-order valence-corrected chi connectivity index (χ4v) is 2.37. The number of esters is 1. The largest absolute Gasteiger partial charge is 0.492 e. The maximum atomic E-state index is 11.7. The van der Waals surface area contributed by atoms with Crippen molar-refractivity contribution in [1.29, 1.82) is 0 Å². The first-order valence-electron chi connectivity index (χ1n) is 8.04. The smallest absolute Gasteiger partial charge is 0.335 e. The molecule has 0 saturated carbocycles. The molecule has 7 heteroatoms. The molecule has 132 valence electrons. The van der Waals surface area contributed by atoms with Crippen LogP contribution < -0.4 is 10.1 Å². The fourth-order valence-electron chi connectivity index (χ4n) is 2.37. The van der Waals surface area contributed by atoms with Gasteiger partial charge < -0.3 is 24.6 Å². The van der Waals surface area contributed by atoms with Gasteiger partial charge >= 0.3 is 5.97 Å². The molecule has 1 aromatic rings. The molecule has 1 atom stereocenters. The number of ether oxygens (including phenoxy) is 3. The Bertz CT molecular complexity index is 515. The van der Waals surface area contributed by atoms with Gasteiger partial charge in [0.25, 0.3) is 5.91 Å². The molecule has 2 N–H and O–H groups in total. The van der Waals surface area contributed by atoms with E-state index in [2.05, 4.69) is 5.32 Å². The van der Waals surface area contributed by atoms with Crippen molar-refractivity contribution in [1.82, 2.24) is 5.32 Å². The number of aliphatic hydroxyl groups excluding tert-OH is 1. The minimum atomic E-state index is -1.21. The molecule has 1 aliphatic heterocycles. The van der Waals surface area contributed by atoms with E-state index in [1.54, 1.807) is 0 Å². The van der Waals surface area contributed by atoms with E-state index < -0.39 is 24.6 Å². The summed E-state index contributed by atoms with van der Waals surface area (Å²) in [5.74, 6) is -0.650. The summed E-state index contributed by atoms with van der Waals surface area (Å²) in [6, 6.07) is 9.24. The van der Waals surface area contributed by atoms with E-state index in [0.717, 1.165) is 5.75 Å². The van der Waals surface area contributed by atoms with E-state index in [0.29, 0.717) is 39.2 Å². The van der Waals surface area contributed by atoms with Crippen molar-refractivity contribution in [2.45, 2.75) is 18.9 Å². The van der Waals surface area contributed by atoms with E-state index in [9.17, 15) is 14.7 Å². The molecule has 0 aliphatic carbocycles. The lowest BCUT2D eigenvalue weighted by Crippen LogP contribution is -2.38. The Kier molecular flexibility index (Phi) is 7.51. The van der Waals surface area contributed by atoms with Gasteiger partial charge in [-0.15, -0.1) is 0 Å². The van der Waals surface area contributed by atoms with Crippen molar-refractivity contribution in [2.24, 2.45) is 5.92 Å². The number of benzene rings is 1. The molecular formula is C17H23NO6. The highest BCUT2D eigenvalue weighted by Gasteiger charge is 2.29. The van der Waals surface area contributed by atoms with Gasteiger partial charge in [-0.3, -0.25) is 4.79 Å². The maximum Gasteiger partial charge on any atom is 0.335 e. The molecule has 1 amide bonds. The molecule has 0 bridgehead atoms. The van der Waals surface area contributed by atoms with Crippen LogP contribution in [-0.4, -0.2) is 56.1 Å². The van der Waals surface area contributed by atoms with E-state index >= 15 is 0 Å². The van der Waals surface area contributed by atoms with Crippen molar-refractivity contribution in [3.05, 3.63) is 30.3 Å². The van der Waals surface area contributed by atoms with E-state index in [-0.39, 0.29) is 5.92 Å². The van der Waals surface area contributed by atoms with E-state index in [4.69, 9.17) is 14.2 Å². The summed E-state index contributed by atoms with van der Waals surface area (Å²) in [5, 5.41) is 12.5. The summed E-state index contributed by atoms with van der Waals surface area (Å²) in [7, 11) is 0. The summed E-state index contributed by atoms with van der Waals surface area (Å²) < 4.78 is 15.5. The van der Waals surface area contributed by atoms with Crippen LogP contribution in [0, 0.1) is 5.92 Å². The standard InChI is InChI=1S/C17H23NO6/c19-15(18-8-11-23-14-4-2-1-3-5-14)12-24-17(21)16(20)13-6-9-22-10-7-13/h1-5,13,16,20H,6-12H2,(H,18,19)/t16-/m0/s1. The van der Waals surface area contributed by atoms with Gasteiger partial charge in [0.05, 0.1) is 6.54 Å². The zero-order chi connectivity index (χ0) is 17.2. The molecular weight excluding hydrogens is 314 g/mol. The van der Waals surface area contributed by atoms with Crippen molar-refractivity contribution >= 4 is 11.9 Å². The first kappa shape index (κ1) is 18.2. The SMILES string of the molecule is O=C(COC(=O)[C@@H](O)C1CCOCC1)NCCOc1ccccc1. The normalized spacial score (nSPS) is 16.2. The van der Waals surface area contributed by atoms with Crippen LogP contribution >= 0.6 is 0 Å². The number of nitrogens with one attached hydrogen (secondary N) is 1. The number of carbonyl (C=O) groups is 2. The third-order valence-electron chi connectivity index (χ3n) is 3.74. The Hall–Kier alpha value is -2.12. The molecule has 0 unspecified atom stereocenters. The lowest BCUT2D eigenvalue weighted by atomic mass is 9.94. The number of aliphatic hydroxyl groups is 1. The summed E-state index contributed by atoms with van der Waals surface area (Å²) in [5.41, 5.74) is 0. The zero-order valence-corrected chi connectivity index (χ0v) is 13.5. The first-order chi connectivity index (χ1) is 11.7. The minimum absolute atomic E-state index is 0.173. The molecule has 7 nitrogen and oxygen atoms in total. The monoisotopic (exact) mass is 337 g/mol. The van der Waals surface area contributed by atoms with Crippen LogP contribution in [0.25, 0.3) is 0 Å². The second kappa shape index (κ2) is 9.89. The fraction of sp³-hybridized carbons (Fsp3) is 0.529. The van der Waals surface area contributed by atoms with Crippen LogP contribution in [0.1, 0.15) is 12.8 Å². The third kappa shape index (κ3) is 6.17. The Morgan fingerprint density at radius 2 is 1.96 bits per heavy atom. The molecule has 0 radical (unpaired) electrons. The molecule has 1 saturated heterocycles. The van der Waals surface area contributed by atoms with Crippen molar-refractivity contribution in [3.8, 4) is 5.75 Å². The lowest BCUT2D eigenvalue weighted by molar-refractivity contribution is -0.161. The highest BCUT2D eigenvalue weighted by Crippen LogP contribution is 2.19. The first-order valence-corrected chi connectivity index (χ1v) is 8.04. The Balaban J connectivity index is 1.57. The van der Waals surface area contributed by atoms with Gasteiger partial charge in [0.2, 0.25) is 0 Å². The third-order valence-corrected chi connectivity index (χ3v) is 3.74. The van der Waals surface area contributed by atoms with Crippen LogP contribution in [0.2, 0.25) is 0 Å². The van der Waals surface area contributed by atoms with Crippen molar-refractivity contribution in [2.75, 3.05) is 33.0 Å². The molecule has 0 spiro atoms. The Morgan fingerprint density at radius 1 is 1.25 bits per heavy atom. The van der Waals surface area contributed by atoms with Crippen LogP contribution in [-0.2, 0) is 19.1 Å². The highest BCUT2D eigenvalue weighted by atomic mass is 16.6. The lowest BCUT2D eigenvalue weighted by Gasteiger charge is -2.25. The van der Waals surface area contributed by atoms with Crippen LogP contribution in [0.5, 0.6) is 5.75 Å². The molecule has 1 aromatic carbocycles. The molecule has 24 heavy (non-hydrogen) atoms. The van der Waals surface area contributed by atoms with Gasteiger partial charge in [0.15, 0.2) is 12.7 Å². The topological polar surface area (TPSA) is 94.1 Å². The van der Waals surface area contributed by atoms with Crippen molar-refractivity contribution < 1.29 is 28.9 Å². The summed E-state index contributed by atoms with van der Waals surface area (Å²) >= 11 is 0. The summed E-state index contributed by atoms with van der Waals surface area (Å²) in [6.07, 6.45) is 0.0154. The van der Waals surface area contributed by atoms with E-state index in [1.165, 1.54) is 0 Å². The van der Waals surface area contributed by atoms with Gasteiger partial charge in [0.1, 0.15) is 12.4 Å². The Labute approximate surface area is 140 Å². The number of para-hydroxylation sites is 1.